The van der Waals surface area contributed by atoms with E-state index in [0.29, 0.717) is 24.4 Å². The molecule has 4 heteroatoms. The van der Waals surface area contributed by atoms with Gasteiger partial charge in [-0.3, -0.25) is 9.69 Å². The van der Waals surface area contributed by atoms with Crippen molar-refractivity contribution in [2.45, 2.75) is 57.6 Å². The van der Waals surface area contributed by atoms with Crippen LogP contribution in [0.4, 0.5) is 0 Å². The molecule has 0 spiro atoms. The number of nitrogens with one attached hydrogen (secondary N) is 1. The van der Waals surface area contributed by atoms with Gasteiger partial charge in [-0.15, -0.1) is 0 Å². The molecule has 2 aliphatic carbocycles. The Balaban J connectivity index is 1.65. The summed E-state index contributed by atoms with van der Waals surface area (Å²) in [7, 11) is 1.99. The maximum absolute atomic E-state index is 12.0. The fraction of sp³-hybridized carbons (Fsp3) is 0.933. The minimum atomic E-state index is -0.102. The minimum Gasteiger partial charge on any atom is -0.393 e. The van der Waals surface area contributed by atoms with Gasteiger partial charge in [0.25, 0.3) is 0 Å². The van der Waals surface area contributed by atoms with Crippen LogP contribution in [-0.4, -0.2) is 48.2 Å². The molecule has 2 unspecified atom stereocenters. The second kappa shape index (κ2) is 6.71. The largest absolute Gasteiger partial charge is 0.393 e. The maximum atomic E-state index is 12.0. The summed E-state index contributed by atoms with van der Waals surface area (Å²) in [5, 5.41) is 12.4. The molecule has 19 heavy (non-hydrogen) atoms. The van der Waals surface area contributed by atoms with Crippen LogP contribution in [0.2, 0.25) is 0 Å². The molecule has 0 aliphatic heterocycles. The van der Waals surface area contributed by atoms with Crippen molar-refractivity contribution in [3.8, 4) is 0 Å². The number of nitrogens with zero attached hydrogens (tertiary/aromatic N) is 1. The Morgan fingerprint density at radius 3 is 2.63 bits per heavy atom. The Morgan fingerprint density at radius 2 is 2.00 bits per heavy atom. The molecule has 0 aromatic rings. The Morgan fingerprint density at radius 1 is 1.32 bits per heavy atom. The van der Waals surface area contributed by atoms with Gasteiger partial charge in [0.1, 0.15) is 0 Å². The monoisotopic (exact) mass is 268 g/mol. The first-order valence-electron chi connectivity index (χ1n) is 7.70. The summed E-state index contributed by atoms with van der Waals surface area (Å²) in [6, 6.07) is 0.375. The molecule has 4 nitrogen and oxygen atoms in total. The first kappa shape index (κ1) is 14.8. The lowest BCUT2D eigenvalue weighted by Crippen LogP contribution is -2.46. The molecular weight excluding hydrogens is 240 g/mol. The molecule has 0 saturated heterocycles. The zero-order valence-corrected chi connectivity index (χ0v) is 12.3. The number of hydrogen-bond donors (Lipinski definition) is 2. The van der Waals surface area contributed by atoms with Crippen molar-refractivity contribution in [2.24, 2.45) is 11.8 Å². The van der Waals surface area contributed by atoms with Crippen LogP contribution < -0.4 is 5.32 Å². The summed E-state index contributed by atoms with van der Waals surface area (Å²) in [5.41, 5.74) is 0. The molecule has 0 bridgehead atoms. The SMILES string of the molecule is CC1CCCCC1NC(=O)CN(C)CC1CC(O)C1. The molecule has 0 heterocycles. The maximum Gasteiger partial charge on any atom is 0.234 e. The van der Waals surface area contributed by atoms with E-state index >= 15 is 0 Å². The van der Waals surface area contributed by atoms with Gasteiger partial charge in [0.2, 0.25) is 5.91 Å². The van der Waals surface area contributed by atoms with Crippen molar-refractivity contribution in [3.63, 3.8) is 0 Å². The van der Waals surface area contributed by atoms with Gasteiger partial charge in [-0.1, -0.05) is 19.8 Å². The van der Waals surface area contributed by atoms with E-state index in [9.17, 15) is 9.90 Å². The summed E-state index contributed by atoms with van der Waals surface area (Å²) < 4.78 is 0. The second-order valence-corrected chi connectivity index (χ2v) is 6.62. The van der Waals surface area contributed by atoms with E-state index in [1.54, 1.807) is 0 Å². The zero-order valence-electron chi connectivity index (χ0n) is 12.3. The molecule has 0 aromatic carbocycles. The molecule has 2 rings (SSSR count). The van der Waals surface area contributed by atoms with Crippen molar-refractivity contribution < 1.29 is 9.90 Å². The molecule has 2 aliphatic rings. The number of amides is 1. The molecule has 2 atom stereocenters. The molecular formula is C15H28N2O2. The number of likely N-dealkylation sites (N-methyl/N-ethyl adjacent to an activating group) is 1. The van der Waals surface area contributed by atoms with Crippen LogP contribution in [0, 0.1) is 11.8 Å². The number of carbonyl (C=O) groups is 1. The van der Waals surface area contributed by atoms with E-state index in [1.165, 1.54) is 19.3 Å². The standard InChI is InChI=1S/C15H28N2O2/c1-11-5-3-4-6-14(11)16-15(19)10-17(2)9-12-7-13(18)8-12/h11-14,18H,3-10H2,1-2H3,(H,16,19). The third-order valence-corrected chi connectivity index (χ3v) is 4.65. The minimum absolute atomic E-state index is 0.102. The van der Waals surface area contributed by atoms with Gasteiger partial charge in [-0.2, -0.15) is 0 Å². The average Bonchev–Trinajstić information content (AvgIpc) is 2.30. The van der Waals surface area contributed by atoms with Crippen molar-refractivity contribution >= 4 is 5.91 Å². The first-order chi connectivity index (χ1) is 9.04. The number of aliphatic hydroxyl groups excluding tert-OH is 1. The Kier molecular flexibility index (Phi) is 5.22. The van der Waals surface area contributed by atoms with E-state index in [1.807, 2.05) is 7.05 Å². The van der Waals surface area contributed by atoms with Gasteiger partial charge in [-0.25, -0.2) is 0 Å². The topological polar surface area (TPSA) is 52.6 Å². The van der Waals surface area contributed by atoms with Crippen molar-refractivity contribution in [1.29, 1.82) is 0 Å². The van der Waals surface area contributed by atoms with Gasteiger partial charge >= 0.3 is 0 Å². The van der Waals surface area contributed by atoms with E-state index in [-0.39, 0.29) is 12.0 Å². The highest BCUT2D eigenvalue weighted by atomic mass is 16.3. The van der Waals surface area contributed by atoms with Gasteiger partial charge in [0, 0.05) is 12.6 Å². The second-order valence-electron chi connectivity index (χ2n) is 6.62. The zero-order chi connectivity index (χ0) is 13.8. The highest BCUT2D eigenvalue weighted by Gasteiger charge is 2.28. The van der Waals surface area contributed by atoms with Gasteiger partial charge < -0.3 is 10.4 Å². The smallest absolute Gasteiger partial charge is 0.234 e. The number of hydrogen-bond acceptors (Lipinski definition) is 3. The van der Waals surface area contributed by atoms with Crippen LogP contribution in [-0.2, 0) is 4.79 Å². The lowest BCUT2D eigenvalue weighted by Gasteiger charge is -2.34. The van der Waals surface area contributed by atoms with Crippen molar-refractivity contribution in [1.82, 2.24) is 10.2 Å². The third-order valence-electron chi connectivity index (χ3n) is 4.65. The Bertz CT molecular complexity index is 303. The summed E-state index contributed by atoms with van der Waals surface area (Å²) >= 11 is 0. The summed E-state index contributed by atoms with van der Waals surface area (Å²) in [6.07, 6.45) is 6.60. The fourth-order valence-electron chi connectivity index (χ4n) is 3.38. The Labute approximate surface area is 116 Å². The summed E-state index contributed by atoms with van der Waals surface area (Å²) in [4.78, 5) is 14.1. The van der Waals surface area contributed by atoms with Gasteiger partial charge in [-0.05, 0) is 44.6 Å². The fourth-order valence-corrected chi connectivity index (χ4v) is 3.38. The predicted molar refractivity (Wildman–Crippen MR) is 75.8 cm³/mol. The molecule has 0 radical (unpaired) electrons. The van der Waals surface area contributed by atoms with Crippen LogP contribution in [0.25, 0.3) is 0 Å². The van der Waals surface area contributed by atoms with E-state index in [2.05, 4.69) is 17.1 Å². The van der Waals surface area contributed by atoms with Gasteiger partial charge in [0.05, 0.1) is 12.6 Å². The van der Waals surface area contributed by atoms with Gasteiger partial charge in [0.15, 0.2) is 0 Å². The summed E-state index contributed by atoms with van der Waals surface area (Å²) in [6.45, 7) is 3.64. The number of rotatable bonds is 5. The first-order valence-corrected chi connectivity index (χ1v) is 7.70. The molecule has 2 N–H and O–H groups in total. The number of aliphatic hydroxyl groups is 1. The van der Waals surface area contributed by atoms with Crippen LogP contribution in [0.3, 0.4) is 0 Å². The van der Waals surface area contributed by atoms with Crippen LogP contribution in [0.15, 0.2) is 0 Å². The van der Waals surface area contributed by atoms with Crippen LogP contribution in [0.5, 0.6) is 0 Å². The van der Waals surface area contributed by atoms with Crippen molar-refractivity contribution in [2.75, 3.05) is 20.1 Å². The molecule has 0 aromatic heterocycles. The Hall–Kier alpha value is -0.610. The van der Waals surface area contributed by atoms with E-state index in [0.717, 1.165) is 25.8 Å². The third kappa shape index (κ3) is 4.46. The highest BCUT2D eigenvalue weighted by Crippen LogP contribution is 2.27. The van der Waals surface area contributed by atoms with Crippen LogP contribution in [0.1, 0.15) is 45.4 Å². The molecule has 1 amide bonds. The lowest BCUT2D eigenvalue weighted by molar-refractivity contribution is -0.123. The van der Waals surface area contributed by atoms with E-state index in [4.69, 9.17) is 0 Å². The quantitative estimate of drug-likeness (QED) is 0.792. The van der Waals surface area contributed by atoms with E-state index < -0.39 is 0 Å². The molecule has 110 valence electrons. The lowest BCUT2D eigenvalue weighted by atomic mass is 9.82. The predicted octanol–water partition coefficient (Wildman–Crippen LogP) is 1.38. The average molecular weight is 268 g/mol. The van der Waals surface area contributed by atoms with Crippen molar-refractivity contribution in [3.05, 3.63) is 0 Å². The highest BCUT2D eigenvalue weighted by molar-refractivity contribution is 5.78. The summed E-state index contributed by atoms with van der Waals surface area (Å²) in [5.74, 6) is 1.34. The molecule has 2 fully saturated rings. The normalized spacial score (nSPS) is 34.9. The molecule has 2 saturated carbocycles. The van der Waals surface area contributed by atoms with Crippen LogP contribution >= 0.6 is 0 Å². The number of carbonyl (C=O) groups excluding carboxylic acids is 1.